The highest BCUT2D eigenvalue weighted by Crippen LogP contribution is 2.51. The molecule has 0 radical (unpaired) electrons. The number of hydrogen-bond donors (Lipinski definition) is 0. The van der Waals surface area contributed by atoms with Gasteiger partial charge in [0.25, 0.3) is 0 Å². The first-order valence-electron chi connectivity index (χ1n) is 13.0. The van der Waals surface area contributed by atoms with Crippen molar-refractivity contribution in [1.29, 1.82) is 0 Å². The fourth-order valence-corrected chi connectivity index (χ4v) is 5.86. The SMILES string of the molecule is CCCC#Cc1cc2ccc3c(C(=O)OC)c(C(=O)OC)c4ccc5cc(C#CCCC)c1c1c2c3c4c51. The van der Waals surface area contributed by atoms with Crippen LogP contribution in [0.3, 0.4) is 0 Å². The van der Waals surface area contributed by atoms with Gasteiger partial charge in [-0.15, -0.1) is 0 Å². The van der Waals surface area contributed by atoms with E-state index in [0.29, 0.717) is 10.8 Å². The Kier molecular flexibility index (Phi) is 5.70. The van der Waals surface area contributed by atoms with Gasteiger partial charge in [0.15, 0.2) is 0 Å². The number of benzene rings is 5. The summed E-state index contributed by atoms with van der Waals surface area (Å²) in [6.45, 7) is 4.25. The summed E-state index contributed by atoms with van der Waals surface area (Å²) in [6, 6.07) is 12.1. The molecule has 0 saturated heterocycles. The Balaban J connectivity index is 1.91. The van der Waals surface area contributed by atoms with Gasteiger partial charge < -0.3 is 9.47 Å². The Hall–Kier alpha value is -4.54. The van der Waals surface area contributed by atoms with E-state index >= 15 is 0 Å². The quantitative estimate of drug-likeness (QED) is 0.142. The molecule has 38 heavy (non-hydrogen) atoms. The number of carbonyl (C=O) groups excluding carboxylic acids is 2. The summed E-state index contributed by atoms with van der Waals surface area (Å²) in [6.07, 6.45) is 3.62. The zero-order valence-electron chi connectivity index (χ0n) is 21.9. The van der Waals surface area contributed by atoms with E-state index in [1.807, 2.05) is 24.3 Å². The van der Waals surface area contributed by atoms with Crippen LogP contribution in [0.2, 0.25) is 0 Å². The maximum atomic E-state index is 13.1. The molecule has 0 bridgehead atoms. The first-order chi connectivity index (χ1) is 18.5. The minimum atomic E-state index is -0.563. The third-order valence-corrected chi connectivity index (χ3v) is 7.38. The Bertz CT molecular complexity index is 1860. The molecule has 0 fully saturated rings. The van der Waals surface area contributed by atoms with E-state index in [0.717, 1.165) is 79.9 Å². The van der Waals surface area contributed by atoms with Crippen LogP contribution in [0.1, 0.15) is 71.4 Å². The van der Waals surface area contributed by atoms with Crippen molar-refractivity contribution in [2.24, 2.45) is 0 Å². The van der Waals surface area contributed by atoms with Crippen molar-refractivity contribution >= 4 is 65.8 Å². The molecule has 0 aromatic heterocycles. The summed E-state index contributed by atoms with van der Waals surface area (Å²) < 4.78 is 10.3. The molecule has 4 heteroatoms. The number of esters is 2. The minimum Gasteiger partial charge on any atom is -0.465 e. The third kappa shape index (κ3) is 3.20. The summed E-state index contributed by atoms with van der Waals surface area (Å²) in [5.41, 5.74) is 2.38. The van der Waals surface area contributed by atoms with Crippen LogP contribution in [-0.2, 0) is 9.47 Å². The van der Waals surface area contributed by atoms with Gasteiger partial charge in [-0.05, 0) is 68.1 Å². The van der Waals surface area contributed by atoms with Crippen molar-refractivity contribution in [3.8, 4) is 23.7 Å². The van der Waals surface area contributed by atoms with Crippen molar-refractivity contribution in [2.45, 2.75) is 39.5 Å². The largest absolute Gasteiger partial charge is 0.465 e. The lowest BCUT2D eigenvalue weighted by Crippen LogP contribution is -2.13. The smallest absolute Gasteiger partial charge is 0.339 e. The molecule has 6 aromatic rings. The molecule has 0 N–H and O–H groups in total. The predicted octanol–water partition coefficient (Wildman–Crippen LogP) is 7.64. The lowest BCUT2D eigenvalue weighted by molar-refractivity contribution is 0.0559. The predicted molar refractivity (Wildman–Crippen MR) is 154 cm³/mol. The van der Waals surface area contributed by atoms with Gasteiger partial charge >= 0.3 is 11.9 Å². The van der Waals surface area contributed by atoms with E-state index < -0.39 is 11.9 Å². The number of carbonyl (C=O) groups is 2. The maximum absolute atomic E-state index is 13.1. The van der Waals surface area contributed by atoms with Crippen molar-refractivity contribution in [3.63, 3.8) is 0 Å². The molecule has 0 saturated carbocycles. The molecule has 0 heterocycles. The molecular formula is C34H26O4. The van der Waals surface area contributed by atoms with Crippen LogP contribution in [0.5, 0.6) is 0 Å². The van der Waals surface area contributed by atoms with Crippen LogP contribution in [-0.4, -0.2) is 26.2 Å². The van der Waals surface area contributed by atoms with Crippen molar-refractivity contribution in [3.05, 3.63) is 58.7 Å². The second kappa shape index (κ2) is 9.09. The van der Waals surface area contributed by atoms with Gasteiger partial charge in [-0.3, -0.25) is 0 Å². The lowest BCUT2D eigenvalue weighted by Gasteiger charge is -2.14. The summed E-state index contributed by atoms with van der Waals surface area (Å²) in [4.78, 5) is 26.3. The van der Waals surface area contributed by atoms with Crippen LogP contribution in [0.4, 0.5) is 0 Å². The van der Waals surface area contributed by atoms with Crippen LogP contribution < -0.4 is 0 Å². The molecule has 4 nitrogen and oxygen atoms in total. The summed E-state index contributed by atoms with van der Waals surface area (Å²) in [5.74, 6) is 12.4. The number of rotatable bonds is 4. The van der Waals surface area contributed by atoms with E-state index in [4.69, 9.17) is 9.47 Å². The van der Waals surface area contributed by atoms with Gasteiger partial charge in [0.1, 0.15) is 0 Å². The number of hydrogen-bond acceptors (Lipinski definition) is 4. The second-order valence-electron chi connectivity index (χ2n) is 9.61. The molecule has 186 valence electrons. The molecule has 0 spiro atoms. The fraction of sp³-hybridized carbons (Fsp3) is 0.235. The molecule has 0 atom stereocenters. The van der Waals surface area contributed by atoms with E-state index in [1.165, 1.54) is 14.2 Å². The molecule has 0 aliphatic rings. The number of ether oxygens (including phenoxy) is 2. The van der Waals surface area contributed by atoms with E-state index in [2.05, 4.69) is 49.7 Å². The van der Waals surface area contributed by atoms with Gasteiger partial charge in [0.2, 0.25) is 0 Å². The molecule has 6 rings (SSSR count). The minimum absolute atomic E-state index is 0.235. The van der Waals surface area contributed by atoms with Crippen molar-refractivity contribution in [2.75, 3.05) is 14.2 Å². The summed E-state index contributed by atoms with van der Waals surface area (Å²) in [5, 5.41) is 9.64. The monoisotopic (exact) mass is 498 g/mol. The molecule has 0 aliphatic heterocycles. The van der Waals surface area contributed by atoms with Crippen LogP contribution in [0.15, 0.2) is 36.4 Å². The Morgan fingerprint density at radius 2 is 1.08 bits per heavy atom. The van der Waals surface area contributed by atoms with Gasteiger partial charge in [-0.25, -0.2) is 9.59 Å². The van der Waals surface area contributed by atoms with Gasteiger partial charge in [-0.1, -0.05) is 61.8 Å². The zero-order valence-corrected chi connectivity index (χ0v) is 21.9. The van der Waals surface area contributed by atoms with Crippen molar-refractivity contribution in [1.82, 2.24) is 0 Å². The first kappa shape index (κ1) is 23.8. The number of unbranched alkanes of at least 4 members (excludes halogenated alkanes) is 2. The topological polar surface area (TPSA) is 52.6 Å². The molecule has 6 aromatic carbocycles. The van der Waals surface area contributed by atoms with Crippen LogP contribution >= 0.6 is 0 Å². The highest BCUT2D eigenvalue weighted by molar-refractivity contribution is 6.47. The van der Waals surface area contributed by atoms with Gasteiger partial charge in [0, 0.05) is 34.7 Å². The molecule has 0 amide bonds. The highest BCUT2D eigenvalue weighted by Gasteiger charge is 2.31. The van der Waals surface area contributed by atoms with Crippen molar-refractivity contribution < 1.29 is 19.1 Å². The fourth-order valence-electron chi connectivity index (χ4n) is 5.86. The normalized spacial score (nSPS) is 11.4. The average Bonchev–Trinajstić information content (AvgIpc) is 3.30. The Labute approximate surface area is 220 Å². The van der Waals surface area contributed by atoms with Crippen LogP contribution in [0, 0.1) is 23.7 Å². The van der Waals surface area contributed by atoms with E-state index in [-0.39, 0.29) is 11.1 Å². The molecule has 0 unspecified atom stereocenters. The molecular weight excluding hydrogens is 472 g/mol. The third-order valence-electron chi connectivity index (χ3n) is 7.38. The van der Waals surface area contributed by atoms with Gasteiger partial charge in [0.05, 0.1) is 25.3 Å². The van der Waals surface area contributed by atoms with E-state index in [9.17, 15) is 9.59 Å². The lowest BCUT2D eigenvalue weighted by atomic mass is 9.90. The second-order valence-corrected chi connectivity index (χ2v) is 9.61. The zero-order chi connectivity index (χ0) is 26.6. The molecule has 0 aliphatic carbocycles. The Morgan fingerprint density at radius 3 is 1.47 bits per heavy atom. The average molecular weight is 499 g/mol. The Morgan fingerprint density at radius 1 is 0.632 bits per heavy atom. The number of methoxy groups -OCH3 is 2. The first-order valence-corrected chi connectivity index (χ1v) is 13.0. The maximum Gasteiger partial charge on any atom is 0.339 e. The van der Waals surface area contributed by atoms with Crippen LogP contribution in [0.25, 0.3) is 53.9 Å². The standard InChI is InChI=1S/C34H26O4/c1-5-7-9-11-19-17-21-13-15-23-28-26(21)32-25(19)20(12-10-8-6-2)18-22-14-16-24(29(28)27(22)32)31(34(36)38-4)30(23)33(35)37-3/h13-18H,5-8H2,1-4H3. The summed E-state index contributed by atoms with van der Waals surface area (Å²) >= 11 is 0. The summed E-state index contributed by atoms with van der Waals surface area (Å²) in [7, 11) is 2.66. The highest BCUT2D eigenvalue weighted by atomic mass is 16.5. The van der Waals surface area contributed by atoms with Gasteiger partial charge in [-0.2, -0.15) is 0 Å². The van der Waals surface area contributed by atoms with E-state index in [1.54, 1.807) is 0 Å².